The molecule has 1 amide bonds. The number of hydrogen-bond donors (Lipinski definition) is 1. The van der Waals surface area contributed by atoms with Gasteiger partial charge in [0.2, 0.25) is 0 Å². The Balaban J connectivity index is 1.72. The Morgan fingerprint density at radius 2 is 2.08 bits per heavy atom. The number of carbonyl (C=O) groups excluding carboxylic acids is 1. The molecule has 1 saturated carbocycles. The molecule has 0 radical (unpaired) electrons. The highest BCUT2D eigenvalue weighted by molar-refractivity contribution is 5.95. The van der Waals surface area contributed by atoms with Crippen LogP contribution in [0.2, 0.25) is 0 Å². The molecule has 25 heavy (non-hydrogen) atoms. The summed E-state index contributed by atoms with van der Waals surface area (Å²) in [6, 6.07) is 0. The zero-order valence-corrected chi connectivity index (χ0v) is 15.3. The third kappa shape index (κ3) is 4.41. The lowest BCUT2D eigenvalue weighted by Gasteiger charge is -2.32. The second-order valence-corrected chi connectivity index (χ2v) is 7.99. The molecule has 1 aromatic heterocycles. The van der Waals surface area contributed by atoms with Crippen LogP contribution in [0.15, 0.2) is 6.20 Å². The van der Waals surface area contributed by atoms with Gasteiger partial charge >= 0.3 is 5.97 Å². The van der Waals surface area contributed by atoms with Gasteiger partial charge in [-0.15, -0.1) is 0 Å². The zero-order valence-electron chi connectivity index (χ0n) is 15.3. The first-order valence-corrected chi connectivity index (χ1v) is 9.52. The van der Waals surface area contributed by atoms with Crippen LogP contribution in [0.5, 0.6) is 0 Å². The molecule has 3 rings (SSSR count). The number of nitrogens with zero attached hydrogens (tertiary/aromatic N) is 3. The van der Waals surface area contributed by atoms with Crippen molar-refractivity contribution < 1.29 is 14.7 Å². The molecular weight excluding hydrogens is 318 g/mol. The van der Waals surface area contributed by atoms with Crippen molar-refractivity contribution in [3.8, 4) is 0 Å². The summed E-state index contributed by atoms with van der Waals surface area (Å²) in [5.41, 5.74) is 1.88. The first-order valence-electron chi connectivity index (χ1n) is 9.52. The van der Waals surface area contributed by atoms with E-state index < -0.39 is 5.97 Å². The van der Waals surface area contributed by atoms with E-state index in [-0.39, 0.29) is 12.3 Å². The van der Waals surface area contributed by atoms with Crippen LogP contribution < -0.4 is 0 Å². The maximum atomic E-state index is 13.1. The van der Waals surface area contributed by atoms with E-state index in [1.807, 2.05) is 9.58 Å². The first-order chi connectivity index (χ1) is 12.0. The number of amides is 1. The molecule has 2 heterocycles. The molecule has 0 spiro atoms. The second-order valence-electron chi connectivity index (χ2n) is 7.99. The second kappa shape index (κ2) is 7.58. The summed E-state index contributed by atoms with van der Waals surface area (Å²) in [6.45, 7) is 6.61. The SMILES string of the molecule is CC(C)Cn1ncc(C(=O)N2CCCC(CCC(=O)O)C2)c1C1CC1. The molecule has 1 aliphatic carbocycles. The molecule has 2 fully saturated rings. The van der Waals surface area contributed by atoms with Gasteiger partial charge in [-0.05, 0) is 43.9 Å². The van der Waals surface area contributed by atoms with Crippen LogP contribution >= 0.6 is 0 Å². The molecule has 0 aromatic carbocycles. The lowest BCUT2D eigenvalue weighted by molar-refractivity contribution is -0.137. The Morgan fingerprint density at radius 3 is 2.72 bits per heavy atom. The third-order valence-corrected chi connectivity index (χ3v) is 5.19. The fraction of sp³-hybridized carbons (Fsp3) is 0.737. The molecule has 1 unspecified atom stereocenters. The van der Waals surface area contributed by atoms with Crippen molar-refractivity contribution in [2.45, 2.75) is 64.8 Å². The van der Waals surface area contributed by atoms with Crippen LogP contribution in [-0.2, 0) is 11.3 Å². The van der Waals surface area contributed by atoms with Crippen molar-refractivity contribution in [2.75, 3.05) is 13.1 Å². The van der Waals surface area contributed by atoms with Crippen molar-refractivity contribution in [1.82, 2.24) is 14.7 Å². The van der Waals surface area contributed by atoms with E-state index in [4.69, 9.17) is 5.11 Å². The number of likely N-dealkylation sites (tertiary alicyclic amines) is 1. The molecule has 1 atom stereocenters. The number of rotatable bonds is 7. The minimum absolute atomic E-state index is 0.0805. The number of carboxylic acids is 1. The van der Waals surface area contributed by atoms with Gasteiger partial charge in [-0.1, -0.05) is 13.8 Å². The van der Waals surface area contributed by atoms with Gasteiger partial charge in [0.1, 0.15) is 0 Å². The number of carbonyl (C=O) groups is 2. The van der Waals surface area contributed by atoms with Crippen molar-refractivity contribution in [3.63, 3.8) is 0 Å². The van der Waals surface area contributed by atoms with E-state index in [1.165, 1.54) is 0 Å². The Labute approximate surface area is 149 Å². The molecule has 1 saturated heterocycles. The van der Waals surface area contributed by atoms with Gasteiger partial charge in [0.25, 0.3) is 5.91 Å². The monoisotopic (exact) mass is 347 g/mol. The van der Waals surface area contributed by atoms with Crippen LogP contribution in [-0.4, -0.2) is 44.8 Å². The lowest BCUT2D eigenvalue weighted by atomic mass is 9.93. The van der Waals surface area contributed by atoms with Crippen molar-refractivity contribution in [1.29, 1.82) is 0 Å². The Bertz CT molecular complexity index is 634. The summed E-state index contributed by atoms with van der Waals surface area (Å²) in [6.07, 6.45) is 6.84. The van der Waals surface area contributed by atoms with Gasteiger partial charge < -0.3 is 10.0 Å². The first kappa shape index (κ1) is 18.0. The fourth-order valence-electron chi connectivity index (χ4n) is 3.82. The van der Waals surface area contributed by atoms with E-state index in [0.29, 0.717) is 30.7 Å². The van der Waals surface area contributed by atoms with Crippen LogP contribution in [0, 0.1) is 11.8 Å². The van der Waals surface area contributed by atoms with Gasteiger partial charge in [0.05, 0.1) is 17.5 Å². The van der Waals surface area contributed by atoms with Crippen LogP contribution in [0.25, 0.3) is 0 Å². The molecule has 1 N–H and O–H groups in total. The number of carboxylic acid groups (broad SMARTS) is 1. The predicted octanol–water partition coefficient (Wildman–Crippen LogP) is 3.13. The minimum Gasteiger partial charge on any atom is -0.481 e. The Hall–Kier alpha value is -1.85. The van der Waals surface area contributed by atoms with E-state index >= 15 is 0 Å². The quantitative estimate of drug-likeness (QED) is 0.822. The minimum atomic E-state index is -0.755. The summed E-state index contributed by atoms with van der Waals surface area (Å²) in [5.74, 6) is 0.596. The molecule has 1 aliphatic heterocycles. The molecule has 6 nitrogen and oxygen atoms in total. The summed E-state index contributed by atoms with van der Waals surface area (Å²) in [4.78, 5) is 25.8. The lowest BCUT2D eigenvalue weighted by Crippen LogP contribution is -2.40. The predicted molar refractivity (Wildman–Crippen MR) is 94.5 cm³/mol. The van der Waals surface area contributed by atoms with Crippen LogP contribution in [0.1, 0.15) is 74.3 Å². The third-order valence-electron chi connectivity index (χ3n) is 5.19. The number of piperidine rings is 1. The van der Waals surface area contributed by atoms with Gasteiger partial charge in [0.15, 0.2) is 0 Å². The largest absolute Gasteiger partial charge is 0.481 e. The van der Waals surface area contributed by atoms with Crippen LogP contribution in [0.3, 0.4) is 0 Å². The Kier molecular flexibility index (Phi) is 5.45. The highest BCUT2D eigenvalue weighted by Crippen LogP contribution is 2.42. The van der Waals surface area contributed by atoms with Crippen molar-refractivity contribution in [3.05, 3.63) is 17.5 Å². The zero-order chi connectivity index (χ0) is 18.0. The Morgan fingerprint density at radius 1 is 1.32 bits per heavy atom. The molecule has 6 heteroatoms. The number of aromatic nitrogens is 2. The van der Waals surface area contributed by atoms with Gasteiger partial charge in [0, 0.05) is 32.0 Å². The average molecular weight is 347 g/mol. The highest BCUT2D eigenvalue weighted by Gasteiger charge is 2.35. The maximum absolute atomic E-state index is 13.1. The molecule has 138 valence electrons. The molecule has 1 aromatic rings. The topological polar surface area (TPSA) is 75.4 Å². The smallest absolute Gasteiger partial charge is 0.303 e. The van der Waals surface area contributed by atoms with E-state index in [9.17, 15) is 9.59 Å². The van der Waals surface area contributed by atoms with E-state index in [1.54, 1.807) is 6.20 Å². The van der Waals surface area contributed by atoms with Crippen molar-refractivity contribution >= 4 is 11.9 Å². The summed E-state index contributed by atoms with van der Waals surface area (Å²) < 4.78 is 2.03. The fourth-order valence-corrected chi connectivity index (χ4v) is 3.82. The summed E-state index contributed by atoms with van der Waals surface area (Å²) >= 11 is 0. The van der Waals surface area contributed by atoms with Crippen LogP contribution in [0.4, 0.5) is 0 Å². The average Bonchev–Trinajstić information content (AvgIpc) is 3.33. The van der Waals surface area contributed by atoms with E-state index in [0.717, 1.165) is 50.0 Å². The molecular formula is C19H29N3O3. The van der Waals surface area contributed by atoms with E-state index in [2.05, 4.69) is 18.9 Å². The maximum Gasteiger partial charge on any atom is 0.303 e. The van der Waals surface area contributed by atoms with Gasteiger partial charge in [-0.2, -0.15) is 5.10 Å². The number of hydrogen-bond acceptors (Lipinski definition) is 3. The van der Waals surface area contributed by atoms with Crippen molar-refractivity contribution in [2.24, 2.45) is 11.8 Å². The molecule has 0 bridgehead atoms. The standard InChI is InChI=1S/C19H29N3O3/c1-13(2)11-22-18(15-6-7-15)16(10-20-22)19(25)21-9-3-4-14(12-21)5-8-17(23)24/h10,13-15H,3-9,11-12H2,1-2H3,(H,23,24). The highest BCUT2D eigenvalue weighted by atomic mass is 16.4. The van der Waals surface area contributed by atoms with Gasteiger partial charge in [-0.3, -0.25) is 14.3 Å². The summed E-state index contributed by atoms with van der Waals surface area (Å²) in [5, 5.41) is 13.4. The normalized spacial score (nSPS) is 20.9. The summed E-state index contributed by atoms with van der Waals surface area (Å²) in [7, 11) is 0. The molecule has 2 aliphatic rings. The van der Waals surface area contributed by atoms with Gasteiger partial charge in [-0.25, -0.2) is 0 Å². The number of aliphatic carboxylic acids is 1.